The van der Waals surface area contributed by atoms with E-state index in [1.807, 2.05) is 0 Å². The van der Waals surface area contributed by atoms with Crippen molar-refractivity contribution in [1.29, 1.82) is 0 Å². The lowest BCUT2D eigenvalue weighted by molar-refractivity contribution is -0.383. The van der Waals surface area contributed by atoms with E-state index in [1.165, 1.54) is 13.2 Å². The number of nitrogens with two attached hydrogens (primary N) is 1. The molecule has 2 aromatic rings. The molecule has 20 heavy (non-hydrogen) atoms. The van der Waals surface area contributed by atoms with Crippen molar-refractivity contribution >= 4 is 34.5 Å². The number of hydrogen-bond acceptors (Lipinski definition) is 6. The lowest BCUT2D eigenvalue weighted by Gasteiger charge is -2.11. The van der Waals surface area contributed by atoms with E-state index in [4.69, 9.17) is 22.1 Å². The number of para-hydroxylation sites is 2. The highest BCUT2D eigenvalue weighted by molar-refractivity contribution is 6.30. The number of nitrogens with one attached hydrogen (secondary N) is 1. The third-order valence-corrected chi connectivity index (χ3v) is 2.73. The molecular formula is C12H11ClN4O3. The number of hydrogen-bond donors (Lipinski definition) is 2. The predicted molar refractivity (Wildman–Crippen MR) is 76.6 cm³/mol. The second kappa shape index (κ2) is 5.62. The molecule has 0 bridgehead atoms. The molecular weight excluding hydrogens is 284 g/mol. The Labute approximate surface area is 119 Å². The Hall–Kier alpha value is -2.54. The number of halogens is 1. The molecule has 1 aromatic heterocycles. The Bertz CT molecular complexity index is 663. The largest absolute Gasteiger partial charge is 0.495 e. The average Bonchev–Trinajstić information content (AvgIpc) is 2.38. The van der Waals surface area contributed by atoms with Gasteiger partial charge in [0.2, 0.25) is 5.82 Å². The van der Waals surface area contributed by atoms with Crippen molar-refractivity contribution in [3.05, 3.63) is 45.6 Å². The fourth-order valence-corrected chi connectivity index (χ4v) is 1.88. The van der Waals surface area contributed by atoms with Gasteiger partial charge in [-0.15, -0.1) is 0 Å². The molecule has 3 N–H and O–H groups in total. The van der Waals surface area contributed by atoms with Crippen LogP contribution in [0.2, 0.25) is 5.15 Å². The maximum absolute atomic E-state index is 11.1. The van der Waals surface area contributed by atoms with Gasteiger partial charge < -0.3 is 15.8 Å². The van der Waals surface area contributed by atoms with Gasteiger partial charge in [-0.1, -0.05) is 23.7 Å². The zero-order valence-corrected chi connectivity index (χ0v) is 11.2. The summed E-state index contributed by atoms with van der Waals surface area (Å²) in [6.45, 7) is 0. The summed E-state index contributed by atoms with van der Waals surface area (Å²) in [5.41, 5.74) is 5.73. The van der Waals surface area contributed by atoms with E-state index in [1.54, 1.807) is 24.3 Å². The molecule has 0 amide bonds. The molecule has 104 valence electrons. The molecule has 1 aromatic carbocycles. The van der Waals surface area contributed by atoms with Crippen LogP contribution in [0.25, 0.3) is 0 Å². The van der Waals surface area contributed by atoms with Crippen molar-refractivity contribution in [3.8, 4) is 5.75 Å². The summed E-state index contributed by atoms with van der Waals surface area (Å²) in [7, 11) is 1.49. The van der Waals surface area contributed by atoms with Crippen LogP contribution in [0.1, 0.15) is 0 Å². The van der Waals surface area contributed by atoms with Gasteiger partial charge in [-0.05, 0) is 12.1 Å². The molecule has 1 heterocycles. The summed E-state index contributed by atoms with van der Waals surface area (Å²) >= 11 is 5.78. The molecule has 0 saturated carbocycles. The monoisotopic (exact) mass is 294 g/mol. The van der Waals surface area contributed by atoms with E-state index in [0.29, 0.717) is 11.4 Å². The molecule has 8 heteroatoms. The van der Waals surface area contributed by atoms with Gasteiger partial charge in [-0.3, -0.25) is 10.1 Å². The summed E-state index contributed by atoms with van der Waals surface area (Å²) in [5.74, 6) is 0.478. The number of methoxy groups -OCH3 is 1. The Morgan fingerprint density at radius 3 is 2.80 bits per heavy atom. The fraction of sp³-hybridized carbons (Fsp3) is 0.0833. The lowest BCUT2D eigenvalue weighted by Crippen LogP contribution is -2.04. The summed E-state index contributed by atoms with van der Waals surface area (Å²) in [5, 5.41) is 13.9. The van der Waals surface area contributed by atoms with E-state index >= 15 is 0 Å². The molecule has 0 aliphatic rings. The Morgan fingerprint density at radius 2 is 2.15 bits per heavy atom. The molecule has 0 radical (unpaired) electrons. The fourth-order valence-electron chi connectivity index (χ4n) is 1.68. The second-order valence-electron chi connectivity index (χ2n) is 3.81. The number of ether oxygens (including phenoxy) is 1. The van der Waals surface area contributed by atoms with Crippen molar-refractivity contribution in [1.82, 2.24) is 4.98 Å². The first-order valence-corrected chi connectivity index (χ1v) is 5.91. The number of anilines is 3. The minimum atomic E-state index is -0.615. The van der Waals surface area contributed by atoms with E-state index < -0.39 is 4.92 Å². The van der Waals surface area contributed by atoms with Crippen LogP contribution >= 0.6 is 11.6 Å². The molecule has 2 rings (SSSR count). The average molecular weight is 295 g/mol. The highest BCUT2D eigenvalue weighted by Crippen LogP contribution is 2.35. The first-order valence-electron chi connectivity index (χ1n) is 5.53. The lowest BCUT2D eigenvalue weighted by atomic mass is 10.2. The minimum absolute atomic E-state index is 0.0375. The van der Waals surface area contributed by atoms with Gasteiger partial charge in [0.05, 0.1) is 17.7 Å². The van der Waals surface area contributed by atoms with Crippen molar-refractivity contribution in [2.75, 3.05) is 18.2 Å². The number of nitrogen functional groups attached to an aromatic ring is 1. The highest BCUT2D eigenvalue weighted by Gasteiger charge is 2.22. The Morgan fingerprint density at radius 1 is 1.45 bits per heavy atom. The van der Waals surface area contributed by atoms with Crippen LogP contribution in [-0.4, -0.2) is 17.0 Å². The molecule has 0 aliphatic carbocycles. The second-order valence-corrected chi connectivity index (χ2v) is 4.20. The van der Waals surface area contributed by atoms with Gasteiger partial charge in [-0.2, -0.15) is 0 Å². The number of nitrogens with zero attached hydrogens (tertiary/aromatic N) is 2. The van der Waals surface area contributed by atoms with Crippen molar-refractivity contribution in [2.24, 2.45) is 0 Å². The molecule has 7 nitrogen and oxygen atoms in total. The van der Waals surface area contributed by atoms with Crippen LogP contribution in [0.5, 0.6) is 5.75 Å². The van der Waals surface area contributed by atoms with Crippen LogP contribution in [-0.2, 0) is 0 Å². The molecule has 0 fully saturated rings. The minimum Gasteiger partial charge on any atom is -0.495 e. The SMILES string of the molecule is COc1ccccc1Nc1nc(Cl)cc(N)c1[N+](=O)[O-]. The third kappa shape index (κ3) is 2.72. The van der Waals surface area contributed by atoms with Crippen molar-refractivity contribution in [2.45, 2.75) is 0 Å². The zero-order valence-electron chi connectivity index (χ0n) is 10.5. The number of rotatable bonds is 4. The van der Waals surface area contributed by atoms with E-state index in [2.05, 4.69) is 10.3 Å². The molecule has 0 saturated heterocycles. The third-order valence-electron chi connectivity index (χ3n) is 2.53. The first kappa shape index (κ1) is 13.9. The maximum atomic E-state index is 11.1. The van der Waals surface area contributed by atoms with E-state index in [-0.39, 0.29) is 22.3 Å². The Balaban J connectivity index is 2.50. The number of pyridine rings is 1. The summed E-state index contributed by atoms with van der Waals surface area (Å²) < 4.78 is 5.15. The first-order chi connectivity index (χ1) is 9.52. The number of nitro groups is 1. The van der Waals surface area contributed by atoms with Gasteiger partial charge in [0.1, 0.15) is 16.6 Å². The molecule has 0 unspecified atom stereocenters. The number of benzene rings is 1. The van der Waals surface area contributed by atoms with Crippen LogP contribution in [0, 0.1) is 10.1 Å². The van der Waals surface area contributed by atoms with Crippen LogP contribution < -0.4 is 15.8 Å². The summed E-state index contributed by atoms with van der Waals surface area (Å²) in [6, 6.07) is 8.17. The smallest absolute Gasteiger partial charge is 0.334 e. The van der Waals surface area contributed by atoms with Gasteiger partial charge in [0.25, 0.3) is 0 Å². The van der Waals surface area contributed by atoms with Gasteiger partial charge in [0, 0.05) is 6.07 Å². The quantitative estimate of drug-likeness (QED) is 0.510. The highest BCUT2D eigenvalue weighted by atomic mass is 35.5. The maximum Gasteiger partial charge on any atom is 0.334 e. The topological polar surface area (TPSA) is 103 Å². The van der Waals surface area contributed by atoms with Gasteiger partial charge >= 0.3 is 5.69 Å². The van der Waals surface area contributed by atoms with Gasteiger partial charge in [-0.25, -0.2) is 4.98 Å². The zero-order chi connectivity index (χ0) is 14.7. The van der Waals surface area contributed by atoms with Crippen LogP contribution in [0.15, 0.2) is 30.3 Å². The normalized spacial score (nSPS) is 10.1. The predicted octanol–water partition coefficient (Wildman–Crippen LogP) is 2.98. The molecule has 0 atom stereocenters. The standard InChI is InChI=1S/C12H11ClN4O3/c1-20-9-5-3-2-4-8(9)15-12-11(17(18)19)7(14)6-10(13)16-12/h2-6H,1H3,(H3,14,15,16). The van der Waals surface area contributed by atoms with E-state index in [0.717, 1.165) is 0 Å². The van der Waals surface area contributed by atoms with Crippen LogP contribution in [0.4, 0.5) is 22.9 Å². The molecule has 0 spiro atoms. The number of aromatic nitrogens is 1. The van der Waals surface area contributed by atoms with E-state index in [9.17, 15) is 10.1 Å². The summed E-state index contributed by atoms with van der Waals surface area (Å²) in [6.07, 6.45) is 0. The van der Waals surface area contributed by atoms with Gasteiger partial charge in [0.15, 0.2) is 0 Å². The molecule has 0 aliphatic heterocycles. The van der Waals surface area contributed by atoms with Crippen molar-refractivity contribution in [3.63, 3.8) is 0 Å². The summed E-state index contributed by atoms with van der Waals surface area (Å²) in [4.78, 5) is 14.4. The Kier molecular flexibility index (Phi) is 3.90. The van der Waals surface area contributed by atoms with Crippen molar-refractivity contribution < 1.29 is 9.66 Å². The van der Waals surface area contributed by atoms with Crippen LogP contribution in [0.3, 0.4) is 0 Å².